The van der Waals surface area contributed by atoms with Crippen LogP contribution >= 0.6 is 0 Å². The molecule has 1 aromatic rings. The molecule has 1 aliphatic carbocycles. The molecule has 1 fully saturated rings. The molecular formula is C17H28N4O3. The SMILES string of the molecule is CCCCNC(=O)O[C@H]1C[C@@H](c2cc(NC(=O)C(C)(C)C)[nH]n2)C1. The van der Waals surface area contributed by atoms with Gasteiger partial charge in [-0.05, 0) is 19.3 Å². The zero-order valence-corrected chi connectivity index (χ0v) is 14.9. The summed E-state index contributed by atoms with van der Waals surface area (Å²) in [5.41, 5.74) is 0.441. The molecule has 0 aliphatic heterocycles. The summed E-state index contributed by atoms with van der Waals surface area (Å²) in [6.45, 7) is 8.31. The number of anilines is 1. The maximum Gasteiger partial charge on any atom is 0.407 e. The average molecular weight is 336 g/mol. The lowest BCUT2D eigenvalue weighted by Gasteiger charge is -2.33. The zero-order valence-electron chi connectivity index (χ0n) is 14.9. The number of unbranched alkanes of at least 4 members (excludes halogenated alkanes) is 1. The number of hydrogen-bond donors (Lipinski definition) is 3. The van der Waals surface area contributed by atoms with E-state index in [0.717, 1.165) is 31.4 Å². The van der Waals surface area contributed by atoms with Gasteiger partial charge in [-0.15, -0.1) is 0 Å². The number of hydrogen-bond acceptors (Lipinski definition) is 4. The van der Waals surface area contributed by atoms with E-state index in [9.17, 15) is 9.59 Å². The molecular weight excluding hydrogens is 308 g/mol. The van der Waals surface area contributed by atoms with Gasteiger partial charge in [0.15, 0.2) is 0 Å². The number of ether oxygens (including phenoxy) is 1. The fourth-order valence-electron chi connectivity index (χ4n) is 2.38. The average Bonchev–Trinajstić information content (AvgIpc) is 2.89. The van der Waals surface area contributed by atoms with Gasteiger partial charge in [0.05, 0.1) is 5.69 Å². The van der Waals surface area contributed by atoms with Gasteiger partial charge in [-0.3, -0.25) is 9.89 Å². The van der Waals surface area contributed by atoms with Gasteiger partial charge in [-0.1, -0.05) is 34.1 Å². The molecule has 0 aromatic carbocycles. The molecule has 0 spiro atoms. The quantitative estimate of drug-likeness (QED) is 0.695. The van der Waals surface area contributed by atoms with Crippen LogP contribution < -0.4 is 10.6 Å². The van der Waals surface area contributed by atoms with Crippen molar-refractivity contribution in [3.8, 4) is 0 Å². The fraction of sp³-hybridized carbons (Fsp3) is 0.706. The first-order valence-electron chi connectivity index (χ1n) is 8.60. The third-order valence-electron chi connectivity index (χ3n) is 4.11. The summed E-state index contributed by atoms with van der Waals surface area (Å²) in [7, 11) is 0. The van der Waals surface area contributed by atoms with Gasteiger partial charge < -0.3 is 15.4 Å². The van der Waals surface area contributed by atoms with Gasteiger partial charge in [-0.25, -0.2) is 4.79 Å². The minimum absolute atomic E-state index is 0.0547. The van der Waals surface area contributed by atoms with E-state index in [1.165, 1.54) is 0 Å². The van der Waals surface area contributed by atoms with Crippen molar-refractivity contribution < 1.29 is 14.3 Å². The first kappa shape index (κ1) is 18.3. The van der Waals surface area contributed by atoms with Crippen molar-refractivity contribution >= 4 is 17.8 Å². The van der Waals surface area contributed by atoms with E-state index in [0.29, 0.717) is 12.4 Å². The Morgan fingerprint density at radius 3 is 2.71 bits per heavy atom. The predicted molar refractivity (Wildman–Crippen MR) is 91.8 cm³/mol. The van der Waals surface area contributed by atoms with Gasteiger partial charge in [0.2, 0.25) is 5.91 Å². The molecule has 2 amide bonds. The molecule has 0 saturated heterocycles. The van der Waals surface area contributed by atoms with E-state index in [4.69, 9.17) is 4.74 Å². The van der Waals surface area contributed by atoms with Gasteiger partial charge in [0.25, 0.3) is 0 Å². The Kier molecular flexibility index (Phi) is 5.85. The first-order chi connectivity index (χ1) is 11.3. The second-order valence-corrected chi connectivity index (χ2v) is 7.39. The third kappa shape index (κ3) is 4.97. The minimum atomic E-state index is -0.453. The smallest absolute Gasteiger partial charge is 0.407 e. The molecule has 2 rings (SSSR count). The zero-order chi connectivity index (χ0) is 17.7. The lowest BCUT2D eigenvalue weighted by Crippen LogP contribution is -2.36. The van der Waals surface area contributed by atoms with Gasteiger partial charge in [0.1, 0.15) is 11.9 Å². The molecule has 0 unspecified atom stereocenters. The number of H-pyrrole nitrogens is 1. The number of alkyl carbamates (subject to hydrolysis) is 1. The Bertz CT molecular complexity index is 571. The van der Waals surface area contributed by atoms with Crippen LogP contribution in [-0.2, 0) is 9.53 Å². The van der Waals surface area contributed by atoms with Crippen LogP contribution in [0.4, 0.5) is 10.6 Å². The first-order valence-corrected chi connectivity index (χ1v) is 8.60. The van der Waals surface area contributed by atoms with Crippen LogP contribution in [0.15, 0.2) is 6.07 Å². The predicted octanol–water partition coefficient (Wildman–Crippen LogP) is 3.17. The van der Waals surface area contributed by atoms with Crippen LogP contribution in [0.25, 0.3) is 0 Å². The monoisotopic (exact) mass is 336 g/mol. The maximum absolute atomic E-state index is 12.0. The highest BCUT2D eigenvalue weighted by Gasteiger charge is 2.35. The normalized spacial score (nSPS) is 20.2. The van der Waals surface area contributed by atoms with Crippen LogP contribution in [0, 0.1) is 5.41 Å². The molecule has 0 atom stereocenters. The summed E-state index contributed by atoms with van der Waals surface area (Å²) >= 11 is 0. The van der Waals surface area contributed by atoms with Crippen LogP contribution in [0.1, 0.15) is 65.0 Å². The molecule has 7 nitrogen and oxygen atoms in total. The number of carbonyl (C=O) groups excluding carboxylic acids is 2. The summed E-state index contributed by atoms with van der Waals surface area (Å²) in [4.78, 5) is 23.5. The summed E-state index contributed by atoms with van der Waals surface area (Å²) < 4.78 is 5.34. The summed E-state index contributed by atoms with van der Waals surface area (Å²) in [5, 5.41) is 12.7. The lowest BCUT2D eigenvalue weighted by atomic mass is 9.80. The molecule has 24 heavy (non-hydrogen) atoms. The van der Waals surface area contributed by atoms with Crippen molar-refractivity contribution in [3.05, 3.63) is 11.8 Å². The van der Waals surface area contributed by atoms with Crippen molar-refractivity contribution in [2.75, 3.05) is 11.9 Å². The fourth-order valence-corrected chi connectivity index (χ4v) is 2.38. The van der Waals surface area contributed by atoms with Gasteiger partial charge in [-0.2, -0.15) is 5.10 Å². The number of aromatic nitrogens is 2. The van der Waals surface area contributed by atoms with E-state index in [1.54, 1.807) is 0 Å². The van der Waals surface area contributed by atoms with E-state index in [-0.39, 0.29) is 24.0 Å². The van der Waals surface area contributed by atoms with E-state index in [1.807, 2.05) is 26.8 Å². The van der Waals surface area contributed by atoms with E-state index in [2.05, 4.69) is 27.8 Å². The Morgan fingerprint density at radius 1 is 1.38 bits per heavy atom. The summed E-state index contributed by atoms with van der Waals surface area (Å²) in [6.07, 6.45) is 3.13. The van der Waals surface area contributed by atoms with E-state index >= 15 is 0 Å². The van der Waals surface area contributed by atoms with Crippen molar-refractivity contribution in [1.82, 2.24) is 15.5 Å². The molecule has 3 N–H and O–H groups in total. The Morgan fingerprint density at radius 2 is 2.08 bits per heavy atom. The largest absolute Gasteiger partial charge is 0.446 e. The van der Waals surface area contributed by atoms with Crippen LogP contribution in [0.5, 0.6) is 0 Å². The minimum Gasteiger partial charge on any atom is -0.446 e. The topological polar surface area (TPSA) is 96.1 Å². The number of nitrogens with zero attached hydrogens (tertiary/aromatic N) is 1. The molecule has 0 bridgehead atoms. The van der Waals surface area contributed by atoms with Crippen LogP contribution in [0.3, 0.4) is 0 Å². The number of carbonyl (C=O) groups is 2. The molecule has 1 heterocycles. The molecule has 1 aliphatic rings. The Hall–Kier alpha value is -2.05. The maximum atomic E-state index is 12.0. The third-order valence-corrected chi connectivity index (χ3v) is 4.11. The van der Waals surface area contributed by atoms with Crippen molar-refractivity contribution in [1.29, 1.82) is 0 Å². The summed E-state index contributed by atoms with van der Waals surface area (Å²) in [6, 6.07) is 1.85. The molecule has 1 saturated carbocycles. The van der Waals surface area contributed by atoms with E-state index < -0.39 is 5.41 Å². The second-order valence-electron chi connectivity index (χ2n) is 7.39. The van der Waals surface area contributed by atoms with Crippen LogP contribution in [-0.4, -0.2) is 34.8 Å². The highest BCUT2D eigenvalue weighted by atomic mass is 16.6. The number of aromatic amines is 1. The molecule has 7 heteroatoms. The summed E-state index contributed by atoms with van der Waals surface area (Å²) in [5.74, 6) is 0.804. The Labute approximate surface area is 142 Å². The highest BCUT2D eigenvalue weighted by molar-refractivity contribution is 5.93. The van der Waals surface area contributed by atoms with Gasteiger partial charge in [0, 0.05) is 23.9 Å². The van der Waals surface area contributed by atoms with Crippen molar-refractivity contribution in [2.24, 2.45) is 5.41 Å². The van der Waals surface area contributed by atoms with Crippen molar-refractivity contribution in [2.45, 2.75) is 65.4 Å². The molecule has 134 valence electrons. The number of nitrogens with one attached hydrogen (secondary N) is 3. The lowest BCUT2D eigenvalue weighted by molar-refractivity contribution is -0.123. The van der Waals surface area contributed by atoms with Crippen LogP contribution in [0.2, 0.25) is 0 Å². The number of rotatable bonds is 6. The molecule has 1 aromatic heterocycles. The van der Waals surface area contributed by atoms with Crippen molar-refractivity contribution in [3.63, 3.8) is 0 Å². The Balaban J connectivity index is 1.74. The second kappa shape index (κ2) is 7.68. The number of amides is 2. The van der Waals surface area contributed by atoms with Gasteiger partial charge >= 0.3 is 6.09 Å². The molecule has 0 radical (unpaired) electrons. The standard InChI is InChI=1S/C17H28N4O3/c1-5-6-7-18-16(23)24-12-8-11(9-12)13-10-14(21-20-13)19-15(22)17(2,3)4/h10-12H,5-9H2,1-4H3,(H,18,23)(H2,19,20,21,22)/t11-,12+. The highest BCUT2D eigenvalue weighted by Crippen LogP contribution is 2.38.